The van der Waals surface area contributed by atoms with Gasteiger partial charge in [0.2, 0.25) is 0 Å². The van der Waals surface area contributed by atoms with Crippen LogP contribution in [0.4, 0.5) is 0 Å². The first-order chi connectivity index (χ1) is 16.6. The predicted molar refractivity (Wildman–Crippen MR) is 135 cm³/mol. The summed E-state index contributed by atoms with van der Waals surface area (Å²) in [6.07, 6.45) is 9.71. The molecule has 2 atom stereocenters. The number of methoxy groups -OCH3 is 1. The van der Waals surface area contributed by atoms with Crippen LogP contribution in [0, 0.1) is 5.41 Å². The van der Waals surface area contributed by atoms with Crippen LogP contribution in [0.3, 0.4) is 0 Å². The average Bonchev–Trinajstić information content (AvgIpc) is 3.31. The van der Waals surface area contributed by atoms with Crippen molar-refractivity contribution in [2.45, 2.75) is 64.6 Å². The van der Waals surface area contributed by atoms with Crippen molar-refractivity contribution < 1.29 is 9.53 Å². The molecule has 2 aromatic carbocycles. The highest BCUT2D eigenvalue weighted by Gasteiger charge is 2.46. The van der Waals surface area contributed by atoms with Gasteiger partial charge in [-0.05, 0) is 43.4 Å². The van der Waals surface area contributed by atoms with Crippen LogP contribution in [-0.4, -0.2) is 40.1 Å². The first-order valence-corrected chi connectivity index (χ1v) is 12.5. The van der Waals surface area contributed by atoms with Gasteiger partial charge >= 0.3 is 5.97 Å². The van der Waals surface area contributed by atoms with E-state index in [9.17, 15) is 4.79 Å². The number of nitrogens with zero attached hydrogens (tertiary/aromatic N) is 3. The van der Waals surface area contributed by atoms with Crippen molar-refractivity contribution in [2.24, 2.45) is 5.41 Å². The van der Waals surface area contributed by atoms with E-state index in [-0.39, 0.29) is 5.97 Å². The molecule has 0 N–H and O–H groups in total. The number of carbonyl (C=O) groups excluding carboxylic acids is 1. The molecule has 0 amide bonds. The Morgan fingerprint density at radius 1 is 1.06 bits per heavy atom. The minimum Gasteiger partial charge on any atom is -0.469 e. The second-order valence-corrected chi connectivity index (χ2v) is 9.65. The van der Waals surface area contributed by atoms with Crippen LogP contribution in [0.5, 0.6) is 0 Å². The monoisotopic (exact) mass is 459 g/mol. The molecule has 0 saturated carbocycles. The number of piperidine rings is 1. The highest BCUT2D eigenvalue weighted by atomic mass is 16.5. The van der Waals surface area contributed by atoms with Crippen molar-refractivity contribution >= 4 is 5.97 Å². The molecule has 5 heteroatoms. The number of rotatable bonds is 10. The van der Waals surface area contributed by atoms with Gasteiger partial charge in [-0.25, -0.2) is 4.98 Å². The van der Waals surface area contributed by atoms with Gasteiger partial charge in [0.05, 0.1) is 24.5 Å². The summed E-state index contributed by atoms with van der Waals surface area (Å²) in [5, 5.41) is 0. The molecule has 1 fully saturated rings. The summed E-state index contributed by atoms with van der Waals surface area (Å²) >= 11 is 0. The molecule has 3 aromatic rings. The number of esters is 1. The minimum atomic E-state index is -0.463. The fraction of sp³-hybridized carbons (Fsp3) is 0.448. The topological polar surface area (TPSA) is 47.4 Å². The number of aromatic nitrogens is 2. The molecule has 5 nitrogen and oxygen atoms in total. The molecular formula is C29H37N3O2. The lowest BCUT2D eigenvalue weighted by Crippen LogP contribution is -2.51. The molecule has 1 aromatic heterocycles. The normalized spacial score (nSPS) is 20.8. The van der Waals surface area contributed by atoms with Crippen LogP contribution < -0.4 is 0 Å². The Morgan fingerprint density at radius 3 is 2.44 bits per heavy atom. The zero-order valence-electron chi connectivity index (χ0n) is 20.5. The molecule has 1 aliphatic heterocycles. The highest BCUT2D eigenvalue weighted by molar-refractivity contribution is 5.77. The molecule has 1 saturated heterocycles. The SMILES string of the molecule is CCCCC1CC(Cc2ccccc2)(C(=O)OC)CCN1Cc1cncn1Cc1ccccc1. The number of imidazole rings is 1. The molecule has 34 heavy (non-hydrogen) atoms. The van der Waals surface area contributed by atoms with Gasteiger partial charge in [-0.2, -0.15) is 0 Å². The Labute approximate surface area is 203 Å². The first kappa shape index (κ1) is 24.2. The van der Waals surface area contributed by atoms with Gasteiger partial charge in [-0.1, -0.05) is 80.4 Å². The van der Waals surface area contributed by atoms with Gasteiger partial charge in [-0.3, -0.25) is 9.69 Å². The van der Waals surface area contributed by atoms with Crippen LogP contribution in [0.15, 0.2) is 73.2 Å². The van der Waals surface area contributed by atoms with Crippen molar-refractivity contribution in [2.75, 3.05) is 13.7 Å². The van der Waals surface area contributed by atoms with E-state index >= 15 is 0 Å². The summed E-state index contributed by atoms with van der Waals surface area (Å²) in [4.78, 5) is 20.2. The molecule has 2 heterocycles. The third kappa shape index (κ3) is 5.76. The van der Waals surface area contributed by atoms with E-state index in [2.05, 4.69) is 69.9 Å². The maximum atomic E-state index is 13.1. The number of hydrogen-bond acceptors (Lipinski definition) is 4. The number of hydrogen-bond donors (Lipinski definition) is 0. The lowest BCUT2D eigenvalue weighted by molar-refractivity contribution is -0.157. The maximum Gasteiger partial charge on any atom is 0.312 e. The number of carbonyl (C=O) groups is 1. The first-order valence-electron chi connectivity index (χ1n) is 12.5. The Hall–Kier alpha value is -2.92. The Kier molecular flexibility index (Phi) is 8.17. The second kappa shape index (κ2) is 11.5. The van der Waals surface area contributed by atoms with E-state index in [1.165, 1.54) is 23.9 Å². The van der Waals surface area contributed by atoms with Crippen LogP contribution >= 0.6 is 0 Å². The van der Waals surface area contributed by atoms with E-state index in [1.54, 1.807) is 0 Å². The van der Waals surface area contributed by atoms with E-state index in [0.717, 1.165) is 58.2 Å². The summed E-state index contributed by atoms with van der Waals surface area (Å²) in [5.41, 5.74) is 3.24. The van der Waals surface area contributed by atoms with Gasteiger partial charge in [0, 0.05) is 25.3 Å². The third-order valence-electron chi connectivity index (χ3n) is 7.27. The third-order valence-corrected chi connectivity index (χ3v) is 7.27. The number of ether oxygens (including phenoxy) is 1. The number of likely N-dealkylation sites (tertiary alicyclic amines) is 1. The Balaban J connectivity index is 1.53. The van der Waals surface area contributed by atoms with Gasteiger partial charge in [0.25, 0.3) is 0 Å². The fourth-order valence-corrected chi connectivity index (χ4v) is 5.39. The van der Waals surface area contributed by atoms with Crippen molar-refractivity contribution in [1.82, 2.24) is 14.5 Å². The lowest BCUT2D eigenvalue weighted by atomic mass is 9.70. The van der Waals surface area contributed by atoms with E-state index in [4.69, 9.17) is 4.74 Å². The quantitative estimate of drug-likeness (QED) is 0.376. The van der Waals surface area contributed by atoms with Crippen molar-refractivity contribution in [3.05, 3.63) is 90.0 Å². The summed E-state index contributed by atoms with van der Waals surface area (Å²) in [6.45, 7) is 4.79. The lowest BCUT2D eigenvalue weighted by Gasteiger charge is -2.45. The predicted octanol–water partition coefficient (Wildman–Crippen LogP) is 5.49. The van der Waals surface area contributed by atoms with Gasteiger partial charge in [0.1, 0.15) is 0 Å². The largest absolute Gasteiger partial charge is 0.469 e. The molecule has 1 aliphatic rings. The smallest absolute Gasteiger partial charge is 0.312 e. The molecule has 0 radical (unpaired) electrons. The molecule has 2 unspecified atom stereocenters. The van der Waals surface area contributed by atoms with Crippen LogP contribution in [-0.2, 0) is 29.0 Å². The van der Waals surface area contributed by atoms with Crippen LogP contribution in [0.2, 0.25) is 0 Å². The van der Waals surface area contributed by atoms with E-state index in [1.807, 2.05) is 24.7 Å². The molecule has 0 aliphatic carbocycles. The molecule has 0 spiro atoms. The summed E-state index contributed by atoms with van der Waals surface area (Å²) in [6, 6.07) is 21.2. The summed E-state index contributed by atoms with van der Waals surface area (Å²) in [5.74, 6) is -0.0633. The van der Waals surface area contributed by atoms with E-state index in [0.29, 0.717) is 6.04 Å². The zero-order valence-corrected chi connectivity index (χ0v) is 20.5. The number of unbranched alkanes of at least 4 members (excludes halogenated alkanes) is 1. The fourth-order valence-electron chi connectivity index (χ4n) is 5.39. The Morgan fingerprint density at radius 2 is 1.76 bits per heavy atom. The average molecular weight is 460 g/mol. The summed E-state index contributed by atoms with van der Waals surface area (Å²) in [7, 11) is 1.53. The summed E-state index contributed by atoms with van der Waals surface area (Å²) < 4.78 is 7.62. The Bertz CT molecular complexity index is 1030. The van der Waals surface area contributed by atoms with Crippen LogP contribution in [0.1, 0.15) is 55.8 Å². The molecule has 180 valence electrons. The highest BCUT2D eigenvalue weighted by Crippen LogP contribution is 2.41. The van der Waals surface area contributed by atoms with Crippen molar-refractivity contribution in [1.29, 1.82) is 0 Å². The minimum absolute atomic E-state index is 0.0633. The number of benzene rings is 2. The zero-order chi connectivity index (χ0) is 23.8. The van der Waals surface area contributed by atoms with E-state index < -0.39 is 5.41 Å². The van der Waals surface area contributed by atoms with Gasteiger partial charge in [0.15, 0.2) is 0 Å². The van der Waals surface area contributed by atoms with Crippen molar-refractivity contribution in [3.8, 4) is 0 Å². The molecule has 0 bridgehead atoms. The van der Waals surface area contributed by atoms with Crippen LogP contribution in [0.25, 0.3) is 0 Å². The molecular weight excluding hydrogens is 422 g/mol. The standard InChI is InChI=1S/C29H37N3O2/c1-3-4-15-26-19-29(28(33)34-2,18-24-11-7-5-8-12-24)16-17-31(26)22-27-20-30-23-32(27)21-25-13-9-6-10-14-25/h5-14,20,23,26H,3-4,15-19,21-22H2,1-2H3. The van der Waals surface area contributed by atoms with Crippen molar-refractivity contribution in [3.63, 3.8) is 0 Å². The second-order valence-electron chi connectivity index (χ2n) is 9.65. The van der Waals surface area contributed by atoms with Gasteiger partial charge in [-0.15, -0.1) is 0 Å². The maximum absolute atomic E-state index is 13.1. The van der Waals surface area contributed by atoms with Gasteiger partial charge < -0.3 is 9.30 Å². The molecule has 4 rings (SSSR count).